The zero-order valence-corrected chi connectivity index (χ0v) is 12.2. The van der Waals surface area contributed by atoms with Crippen LogP contribution in [0.4, 0.5) is 0 Å². The van der Waals surface area contributed by atoms with Gasteiger partial charge in [0.1, 0.15) is 17.2 Å². The molecule has 0 fully saturated rings. The van der Waals surface area contributed by atoms with Crippen LogP contribution in [0.1, 0.15) is 45.1 Å². The normalized spacial score (nSPS) is 12.6. The van der Waals surface area contributed by atoms with Gasteiger partial charge in [0.25, 0.3) is 0 Å². The van der Waals surface area contributed by atoms with Crippen molar-refractivity contribution >= 4 is 22.6 Å². The van der Waals surface area contributed by atoms with Crippen LogP contribution >= 0.6 is 0 Å². The molecule has 0 saturated heterocycles. The number of carbonyl (C=O) groups is 2. The summed E-state index contributed by atoms with van der Waals surface area (Å²) in [4.78, 5) is 26.9. The van der Waals surface area contributed by atoms with Crippen molar-refractivity contribution in [1.29, 1.82) is 0 Å². The van der Waals surface area contributed by atoms with Gasteiger partial charge in [-0.25, -0.2) is 4.98 Å². The maximum atomic E-state index is 11.3. The quantitative estimate of drug-likeness (QED) is 0.812. The predicted molar refractivity (Wildman–Crippen MR) is 78.7 cm³/mol. The van der Waals surface area contributed by atoms with Gasteiger partial charge in [0.2, 0.25) is 0 Å². The Morgan fingerprint density at radius 1 is 1.30 bits per heavy atom. The highest BCUT2D eigenvalue weighted by Crippen LogP contribution is 2.28. The SMILES string of the molecule is CC(=O)CCn1cc(C(C)CC(C)=O)c2cccnc21. The third-order valence-electron chi connectivity index (χ3n) is 3.49. The van der Waals surface area contributed by atoms with Gasteiger partial charge in [-0.05, 0) is 37.5 Å². The molecule has 0 radical (unpaired) electrons. The summed E-state index contributed by atoms with van der Waals surface area (Å²) in [5.74, 6) is 0.518. The van der Waals surface area contributed by atoms with E-state index in [0.717, 1.165) is 16.6 Å². The van der Waals surface area contributed by atoms with Crippen LogP contribution in [0.2, 0.25) is 0 Å². The molecule has 0 saturated carbocycles. The second-order valence-corrected chi connectivity index (χ2v) is 5.41. The minimum atomic E-state index is 0.165. The van der Waals surface area contributed by atoms with Gasteiger partial charge in [0, 0.05) is 37.2 Å². The Morgan fingerprint density at radius 3 is 2.70 bits per heavy atom. The number of hydrogen-bond donors (Lipinski definition) is 0. The van der Waals surface area contributed by atoms with Crippen LogP contribution < -0.4 is 0 Å². The van der Waals surface area contributed by atoms with Crippen molar-refractivity contribution in [2.24, 2.45) is 0 Å². The minimum absolute atomic E-state index is 0.165. The summed E-state index contributed by atoms with van der Waals surface area (Å²) in [6.07, 6.45) is 4.82. The predicted octanol–water partition coefficient (Wildman–Crippen LogP) is 3.10. The Morgan fingerprint density at radius 2 is 2.05 bits per heavy atom. The van der Waals surface area contributed by atoms with Crippen LogP contribution in [0.3, 0.4) is 0 Å². The molecule has 20 heavy (non-hydrogen) atoms. The molecule has 0 aliphatic heterocycles. The Kier molecular flexibility index (Phi) is 4.32. The van der Waals surface area contributed by atoms with Gasteiger partial charge in [-0.3, -0.25) is 4.79 Å². The highest BCUT2D eigenvalue weighted by Gasteiger charge is 2.16. The number of aryl methyl sites for hydroxylation is 1. The summed E-state index contributed by atoms with van der Waals surface area (Å²) in [6, 6.07) is 3.93. The van der Waals surface area contributed by atoms with Crippen LogP contribution in [0.5, 0.6) is 0 Å². The van der Waals surface area contributed by atoms with Crippen molar-refractivity contribution in [3.63, 3.8) is 0 Å². The van der Waals surface area contributed by atoms with Crippen LogP contribution in [0.25, 0.3) is 11.0 Å². The molecule has 1 unspecified atom stereocenters. The smallest absolute Gasteiger partial charge is 0.140 e. The lowest BCUT2D eigenvalue weighted by molar-refractivity contribution is -0.118. The molecule has 1 atom stereocenters. The molecule has 4 nitrogen and oxygen atoms in total. The first-order chi connectivity index (χ1) is 9.49. The number of fused-ring (bicyclic) bond motifs is 1. The number of pyridine rings is 1. The minimum Gasteiger partial charge on any atom is -0.332 e. The first kappa shape index (κ1) is 14.4. The lowest BCUT2D eigenvalue weighted by Gasteiger charge is -2.07. The molecular formula is C16H20N2O2. The topological polar surface area (TPSA) is 52.0 Å². The number of nitrogens with zero attached hydrogens (tertiary/aromatic N) is 2. The lowest BCUT2D eigenvalue weighted by atomic mass is 9.96. The molecule has 2 aromatic heterocycles. The van der Waals surface area contributed by atoms with Gasteiger partial charge < -0.3 is 9.36 Å². The summed E-state index contributed by atoms with van der Waals surface area (Å²) in [5.41, 5.74) is 2.02. The van der Waals surface area contributed by atoms with E-state index in [-0.39, 0.29) is 17.5 Å². The second kappa shape index (κ2) is 5.99. The van der Waals surface area contributed by atoms with Gasteiger partial charge in [-0.15, -0.1) is 0 Å². The van der Waals surface area contributed by atoms with Crippen molar-refractivity contribution in [1.82, 2.24) is 9.55 Å². The summed E-state index contributed by atoms with van der Waals surface area (Å²) < 4.78 is 2.02. The Labute approximate surface area is 118 Å². The van der Waals surface area contributed by atoms with E-state index in [0.29, 0.717) is 19.4 Å². The highest BCUT2D eigenvalue weighted by atomic mass is 16.1. The number of aromatic nitrogens is 2. The number of rotatable bonds is 6. The van der Waals surface area contributed by atoms with Gasteiger partial charge in [-0.1, -0.05) is 6.92 Å². The summed E-state index contributed by atoms with van der Waals surface area (Å²) in [6.45, 7) is 5.90. The fourth-order valence-corrected chi connectivity index (χ4v) is 2.53. The molecule has 0 N–H and O–H groups in total. The Hall–Kier alpha value is -1.97. The summed E-state index contributed by atoms with van der Waals surface area (Å²) in [5, 5.41) is 1.07. The van der Waals surface area contributed by atoms with E-state index in [2.05, 4.69) is 11.9 Å². The van der Waals surface area contributed by atoms with Crippen LogP contribution in [-0.4, -0.2) is 21.1 Å². The van der Waals surface area contributed by atoms with Gasteiger partial charge in [0.05, 0.1) is 0 Å². The molecule has 106 valence electrons. The van der Waals surface area contributed by atoms with Crippen molar-refractivity contribution < 1.29 is 9.59 Å². The molecule has 2 heterocycles. The van der Waals surface area contributed by atoms with E-state index in [9.17, 15) is 9.59 Å². The highest BCUT2D eigenvalue weighted by molar-refractivity contribution is 5.83. The van der Waals surface area contributed by atoms with Crippen molar-refractivity contribution in [3.8, 4) is 0 Å². The third kappa shape index (κ3) is 3.13. The van der Waals surface area contributed by atoms with Gasteiger partial charge in [-0.2, -0.15) is 0 Å². The average Bonchev–Trinajstić information content (AvgIpc) is 2.74. The number of hydrogen-bond acceptors (Lipinski definition) is 3. The number of carbonyl (C=O) groups excluding carboxylic acids is 2. The first-order valence-corrected chi connectivity index (χ1v) is 6.91. The van der Waals surface area contributed by atoms with Gasteiger partial charge >= 0.3 is 0 Å². The monoisotopic (exact) mass is 272 g/mol. The van der Waals surface area contributed by atoms with E-state index in [4.69, 9.17) is 0 Å². The van der Waals surface area contributed by atoms with Crippen LogP contribution in [-0.2, 0) is 16.1 Å². The molecule has 4 heteroatoms. The maximum Gasteiger partial charge on any atom is 0.140 e. The standard InChI is InChI=1S/C16H20N2O2/c1-11(9-13(3)20)15-10-18(8-6-12(2)19)16-14(15)5-4-7-17-16/h4-5,7,10-11H,6,8-9H2,1-3H3. The van der Waals surface area contributed by atoms with Crippen LogP contribution in [0.15, 0.2) is 24.5 Å². The van der Waals surface area contributed by atoms with E-state index < -0.39 is 0 Å². The number of ketones is 2. The van der Waals surface area contributed by atoms with E-state index in [1.807, 2.05) is 22.9 Å². The molecule has 0 bridgehead atoms. The lowest BCUT2D eigenvalue weighted by Crippen LogP contribution is -2.02. The van der Waals surface area contributed by atoms with E-state index >= 15 is 0 Å². The summed E-state index contributed by atoms with van der Waals surface area (Å²) >= 11 is 0. The Balaban J connectivity index is 2.39. The van der Waals surface area contributed by atoms with Gasteiger partial charge in [0.15, 0.2) is 0 Å². The summed E-state index contributed by atoms with van der Waals surface area (Å²) in [7, 11) is 0. The zero-order chi connectivity index (χ0) is 14.7. The molecule has 0 aliphatic rings. The third-order valence-corrected chi connectivity index (χ3v) is 3.49. The largest absolute Gasteiger partial charge is 0.332 e. The molecule has 0 aromatic carbocycles. The van der Waals surface area contributed by atoms with Crippen molar-refractivity contribution in [3.05, 3.63) is 30.1 Å². The molecule has 0 amide bonds. The first-order valence-electron chi connectivity index (χ1n) is 6.91. The zero-order valence-electron chi connectivity index (χ0n) is 12.2. The molecule has 0 aliphatic carbocycles. The second-order valence-electron chi connectivity index (χ2n) is 5.41. The van der Waals surface area contributed by atoms with E-state index in [1.54, 1.807) is 20.0 Å². The molecule has 2 aromatic rings. The van der Waals surface area contributed by atoms with Crippen molar-refractivity contribution in [2.75, 3.05) is 0 Å². The van der Waals surface area contributed by atoms with Crippen LogP contribution in [0, 0.1) is 0 Å². The van der Waals surface area contributed by atoms with E-state index in [1.165, 1.54) is 0 Å². The Bertz CT molecular complexity index is 643. The fraction of sp³-hybridized carbons (Fsp3) is 0.438. The van der Waals surface area contributed by atoms with Crippen molar-refractivity contribution in [2.45, 2.75) is 46.1 Å². The molecular weight excluding hydrogens is 252 g/mol. The fourth-order valence-electron chi connectivity index (χ4n) is 2.53. The maximum absolute atomic E-state index is 11.3. The number of Topliss-reactive ketones (excluding diaryl/α,β-unsaturated/α-hetero) is 2. The average molecular weight is 272 g/mol. The molecule has 2 rings (SSSR count). The molecule has 0 spiro atoms.